The number of likely N-dealkylation sites (tertiary alicyclic amines) is 1. The molecule has 2 aliphatic rings. The van der Waals surface area contributed by atoms with E-state index in [1.165, 1.54) is 32.2 Å². The number of hydrogen-bond donors (Lipinski definition) is 1. The van der Waals surface area contributed by atoms with Crippen molar-refractivity contribution in [1.82, 2.24) is 4.90 Å². The van der Waals surface area contributed by atoms with E-state index in [4.69, 9.17) is 5.73 Å². The van der Waals surface area contributed by atoms with Crippen LogP contribution in [0.1, 0.15) is 25.7 Å². The van der Waals surface area contributed by atoms with Gasteiger partial charge in [-0.05, 0) is 32.2 Å². The Morgan fingerprint density at radius 3 is 2.25 bits per heavy atom. The predicted molar refractivity (Wildman–Crippen MR) is 56.3 cm³/mol. The van der Waals surface area contributed by atoms with Gasteiger partial charge < -0.3 is 5.73 Å². The second kappa shape index (κ2) is 5.28. The largest absolute Gasteiger partial charge is 0.327 e. The van der Waals surface area contributed by atoms with Gasteiger partial charge in [0, 0.05) is 18.6 Å². The first-order chi connectivity index (χ1) is 4.86. The first kappa shape index (κ1) is 12.5. The number of hydrogen-bond acceptors (Lipinski definition) is 2. The number of halogens is 2. The van der Waals surface area contributed by atoms with Crippen LogP contribution in [0.5, 0.6) is 0 Å². The normalized spacial score (nSPS) is 30.2. The molecule has 1 atom stereocenters. The van der Waals surface area contributed by atoms with Crippen LogP contribution in [0.25, 0.3) is 0 Å². The molecule has 0 aromatic carbocycles. The third-order valence-corrected chi connectivity index (χ3v) is 2.55. The minimum Gasteiger partial charge on any atom is -0.327 e. The number of nitrogens with zero attached hydrogens (tertiary/aromatic N) is 1. The lowest BCUT2D eigenvalue weighted by molar-refractivity contribution is 0.200. The summed E-state index contributed by atoms with van der Waals surface area (Å²) in [4.78, 5) is 2.56. The first-order valence-electron chi connectivity index (χ1n) is 4.36. The third-order valence-electron chi connectivity index (χ3n) is 2.55. The SMILES string of the molecule is Cl.Cl.NC1CCCN(C2CC2)C1. The van der Waals surface area contributed by atoms with Gasteiger partial charge in [-0.2, -0.15) is 0 Å². The Labute approximate surface area is 86.7 Å². The Bertz CT molecular complexity index is 128. The molecule has 1 aliphatic carbocycles. The summed E-state index contributed by atoms with van der Waals surface area (Å²) in [5, 5.41) is 0. The van der Waals surface area contributed by atoms with Crippen molar-refractivity contribution in [3.8, 4) is 0 Å². The Morgan fingerprint density at radius 1 is 1.08 bits per heavy atom. The molecule has 1 unspecified atom stereocenters. The first-order valence-corrected chi connectivity index (χ1v) is 4.36. The maximum absolute atomic E-state index is 5.85. The highest BCUT2D eigenvalue weighted by Gasteiger charge is 2.31. The molecule has 0 radical (unpaired) electrons. The summed E-state index contributed by atoms with van der Waals surface area (Å²) in [7, 11) is 0. The van der Waals surface area contributed by atoms with E-state index in [1.807, 2.05) is 0 Å². The lowest BCUT2D eigenvalue weighted by Gasteiger charge is -2.30. The molecule has 0 aromatic rings. The van der Waals surface area contributed by atoms with Gasteiger partial charge >= 0.3 is 0 Å². The molecular formula is C8H18Cl2N2. The van der Waals surface area contributed by atoms with Crippen LogP contribution in [0, 0.1) is 0 Å². The van der Waals surface area contributed by atoms with Crippen LogP contribution in [0.15, 0.2) is 0 Å². The molecule has 12 heavy (non-hydrogen) atoms. The van der Waals surface area contributed by atoms with Crippen molar-refractivity contribution in [2.75, 3.05) is 13.1 Å². The molecule has 74 valence electrons. The van der Waals surface area contributed by atoms with Gasteiger partial charge in [-0.25, -0.2) is 0 Å². The van der Waals surface area contributed by atoms with Gasteiger partial charge in [-0.1, -0.05) is 0 Å². The molecule has 2 rings (SSSR count). The van der Waals surface area contributed by atoms with E-state index < -0.39 is 0 Å². The summed E-state index contributed by atoms with van der Waals surface area (Å²) >= 11 is 0. The topological polar surface area (TPSA) is 29.3 Å². The summed E-state index contributed by atoms with van der Waals surface area (Å²) in [6.07, 6.45) is 5.40. The zero-order valence-electron chi connectivity index (χ0n) is 7.24. The Hall–Kier alpha value is 0.500. The average molecular weight is 213 g/mol. The van der Waals surface area contributed by atoms with Crippen molar-refractivity contribution in [2.24, 2.45) is 5.73 Å². The van der Waals surface area contributed by atoms with Gasteiger partial charge in [-0.3, -0.25) is 4.90 Å². The monoisotopic (exact) mass is 212 g/mol. The highest BCUT2D eigenvalue weighted by Crippen LogP contribution is 2.28. The predicted octanol–water partition coefficient (Wildman–Crippen LogP) is 1.42. The van der Waals surface area contributed by atoms with E-state index >= 15 is 0 Å². The summed E-state index contributed by atoms with van der Waals surface area (Å²) in [5.74, 6) is 0. The lowest BCUT2D eigenvalue weighted by atomic mass is 10.1. The highest BCUT2D eigenvalue weighted by molar-refractivity contribution is 5.85. The van der Waals surface area contributed by atoms with Crippen molar-refractivity contribution >= 4 is 24.8 Å². The third kappa shape index (κ3) is 3.09. The number of nitrogens with two attached hydrogens (primary N) is 1. The van der Waals surface area contributed by atoms with Gasteiger partial charge in [0.1, 0.15) is 0 Å². The molecule has 0 aromatic heterocycles. The quantitative estimate of drug-likeness (QED) is 0.713. The molecule has 4 heteroatoms. The van der Waals surface area contributed by atoms with Crippen LogP contribution in [0.4, 0.5) is 0 Å². The number of piperidine rings is 1. The summed E-state index contributed by atoms with van der Waals surface area (Å²) in [6.45, 7) is 2.46. The summed E-state index contributed by atoms with van der Waals surface area (Å²) in [6, 6.07) is 1.39. The van der Waals surface area contributed by atoms with E-state index in [1.54, 1.807) is 0 Å². The fraction of sp³-hybridized carbons (Fsp3) is 1.00. The molecule has 1 saturated carbocycles. The van der Waals surface area contributed by atoms with Crippen LogP contribution in [0.3, 0.4) is 0 Å². The maximum atomic E-state index is 5.85. The maximum Gasteiger partial charge on any atom is 0.0168 e. The summed E-state index contributed by atoms with van der Waals surface area (Å²) in [5.41, 5.74) is 5.85. The minimum absolute atomic E-state index is 0. The molecule has 1 heterocycles. The van der Waals surface area contributed by atoms with Gasteiger partial charge in [0.05, 0.1) is 0 Å². The van der Waals surface area contributed by atoms with Crippen molar-refractivity contribution < 1.29 is 0 Å². The van der Waals surface area contributed by atoms with Crippen molar-refractivity contribution in [2.45, 2.75) is 37.8 Å². The van der Waals surface area contributed by atoms with E-state index in [2.05, 4.69) is 4.90 Å². The van der Waals surface area contributed by atoms with Crippen molar-refractivity contribution in [1.29, 1.82) is 0 Å². The van der Waals surface area contributed by atoms with Crippen LogP contribution < -0.4 is 5.73 Å². The Kier molecular flexibility index (Phi) is 5.50. The van der Waals surface area contributed by atoms with Gasteiger partial charge in [0.15, 0.2) is 0 Å². The van der Waals surface area contributed by atoms with Gasteiger partial charge in [-0.15, -0.1) is 24.8 Å². The van der Waals surface area contributed by atoms with Crippen LogP contribution in [0.2, 0.25) is 0 Å². The zero-order chi connectivity index (χ0) is 6.97. The lowest BCUT2D eigenvalue weighted by Crippen LogP contribution is -2.43. The van der Waals surface area contributed by atoms with Crippen molar-refractivity contribution in [3.63, 3.8) is 0 Å². The van der Waals surface area contributed by atoms with E-state index in [0.29, 0.717) is 6.04 Å². The molecule has 0 bridgehead atoms. The Balaban J connectivity index is 0.000000605. The molecule has 1 aliphatic heterocycles. The van der Waals surface area contributed by atoms with Gasteiger partial charge in [0.2, 0.25) is 0 Å². The molecule has 2 fully saturated rings. The Morgan fingerprint density at radius 2 is 1.75 bits per heavy atom. The fourth-order valence-corrected chi connectivity index (χ4v) is 1.81. The molecule has 1 saturated heterocycles. The van der Waals surface area contributed by atoms with Crippen LogP contribution in [-0.4, -0.2) is 30.1 Å². The van der Waals surface area contributed by atoms with E-state index in [9.17, 15) is 0 Å². The standard InChI is InChI=1S/C8H16N2.2ClH/c9-7-2-1-5-10(6-7)8-3-4-8;;/h7-8H,1-6,9H2;2*1H. The smallest absolute Gasteiger partial charge is 0.0168 e. The second-order valence-electron chi connectivity index (χ2n) is 3.63. The molecule has 0 amide bonds. The molecule has 2 nitrogen and oxygen atoms in total. The van der Waals surface area contributed by atoms with Crippen LogP contribution in [-0.2, 0) is 0 Å². The molecule has 0 spiro atoms. The minimum atomic E-state index is 0. The molecular weight excluding hydrogens is 195 g/mol. The van der Waals surface area contributed by atoms with Crippen molar-refractivity contribution in [3.05, 3.63) is 0 Å². The molecule has 2 N–H and O–H groups in total. The summed E-state index contributed by atoms with van der Waals surface area (Å²) < 4.78 is 0. The van der Waals surface area contributed by atoms with Crippen LogP contribution >= 0.6 is 24.8 Å². The van der Waals surface area contributed by atoms with E-state index in [0.717, 1.165) is 12.6 Å². The van der Waals surface area contributed by atoms with E-state index in [-0.39, 0.29) is 24.8 Å². The van der Waals surface area contributed by atoms with Gasteiger partial charge in [0.25, 0.3) is 0 Å². The zero-order valence-corrected chi connectivity index (χ0v) is 8.87. The second-order valence-corrected chi connectivity index (χ2v) is 3.63. The number of rotatable bonds is 1. The highest BCUT2D eigenvalue weighted by atomic mass is 35.5. The average Bonchev–Trinajstić information content (AvgIpc) is 2.68. The fourth-order valence-electron chi connectivity index (χ4n) is 1.81.